The zero-order valence-corrected chi connectivity index (χ0v) is 9.21. The third-order valence-electron chi connectivity index (χ3n) is 2.11. The molecule has 18 heavy (non-hydrogen) atoms. The molecule has 0 fully saturated rings. The van der Waals surface area contributed by atoms with Gasteiger partial charge in [0.05, 0.1) is 16.7 Å². The zero-order valence-electron chi connectivity index (χ0n) is 8.45. The molecule has 0 amide bonds. The molecule has 0 saturated heterocycles. The van der Waals surface area contributed by atoms with Crippen LogP contribution in [0.25, 0.3) is 0 Å². The number of hydrogen-bond acceptors (Lipinski definition) is 1. The van der Waals surface area contributed by atoms with Crippen LogP contribution in [0.4, 0.5) is 26.3 Å². The molecule has 1 nitrogen and oxygen atoms in total. The third-order valence-corrected chi connectivity index (χ3v) is 2.40. The molecule has 0 radical (unpaired) electrons. The van der Waals surface area contributed by atoms with Gasteiger partial charge in [-0.3, -0.25) is 0 Å². The Kier molecular flexibility index (Phi) is 3.81. The molecule has 1 aromatic carbocycles. The van der Waals surface area contributed by atoms with Crippen LogP contribution in [-0.2, 0) is 18.2 Å². The van der Waals surface area contributed by atoms with Crippen molar-refractivity contribution >= 4 is 11.6 Å². The predicted molar refractivity (Wildman–Crippen MR) is 50.7 cm³/mol. The maximum Gasteiger partial charge on any atom is 0.417 e. The quantitative estimate of drug-likeness (QED) is 0.557. The van der Waals surface area contributed by atoms with Crippen molar-refractivity contribution in [2.75, 3.05) is 0 Å². The van der Waals surface area contributed by atoms with E-state index in [1.807, 2.05) is 0 Å². The van der Waals surface area contributed by atoms with E-state index in [1.54, 1.807) is 0 Å². The van der Waals surface area contributed by atoms with E-state index in [0.717, 1.165) is 0 Å². The molecule has 0 N–H and O–H groups in total. The summed E-state index contributed by atoms with van der Waals surface area (Å²) in [5.41, 5.74) is -4.49. The number of halogens is 7. The van der Waals surface area contributed by atoms with Gasteiger partial charge in [-0.2, -0.15) is 31.6 Å². The van der Waals surface area contributed by atoms with Gasteiger partial charge in [0.15, 0.2) is 0 Å². The van der Waals surface area contributed by atoms with Crippen molar-refractivity contribution in [1.29, 1.82) is 5.26 Å². The molecule has 98 valence electrons. The minimum absolute atomic E-state index is 0.0887. The number of benzene rings is 1. The van der Waals surface area contributed by atoms with Gasteiger partial charge in [-0.1, -0.05) is 0 Å². The molecule has 0 aliphatic carbocycles. The van der Waals surface area contributed by atoms with Crippen LogP contribution in [0.1, 0.15) is 22.3 Å². The van der Waals surface area contributed by atoms with E-state index in [0.29, 0.717) is 6.07 Å². The first-order valence-corrected chi connectivity index (χ1v) is 4.92. The van der Waals surface area contributed by atoms with E-state index in [2.05, 4.69) is 0 Å². The highest BCUT2D eigenvalue weighted by Crippen LogP contribution is 2.38. The van der Waals surface area contributed by atoms with Crippen molar-refractivity contribution < 1.29 is 26.3 Å². The second-order valence-electron chi connectivity index (χ2n) is 3.30. The smallest absolute Gasteiger partial charge is 0.192 e. The molecule has 0 aliphatic rings. The van der Waals surface area contributed by atoms with E-state index in [9.17, 15) is 26.3 Å². The first-order chi connectivity index (χ1) is 8.11. The van der Waals surface area contributed by atoms with Gasteiger partial charge in [0.1, 0.15) is 6.07 Å². The van der Waals surface area contributed by atoms with E-state index >= 15 is 0 Å². The van der Waals surface area contributed by atoms with E-state index in [-0.39, 0.29) is 6.07 Å². The summed E-state index contributed by atoms with van der Waals surface area (Å²) in [6.45, 7) is 0. The van der Waals surface area contributed by atoms with Crippen LogP contribution in [0.15, 0.2) is 12.1 Å². The molecule has 0 heterocycles. The first-order valence-electron chi connectivity index (χ1n) is 4.38. The zero-order chi connectivity index (χ0) is 14.1. The van der Waals surface area contributed by atoms with Gasteiger partial charge < -0.3 is 0 Å². The topological polar surface area (TPSA) is 23.8 Å². The fourth-order valence-corrected chi connectivity index (χ4v) is 1.54. The lowest BCUT2D eigenvalue weighted by Gasteiger charge is -2.15. The molecule has 1 rings (SSSR count). The van der Waals surface area contributed by atoms with Gasteiger partial charge in [0.2, 0.25) is 0 Å². The Morgan fingerprint density at radius 1 is 1.06 bits per heavy atom. The monoisotopic (exact) mass is 287 g/mol. The number of rotatable bonds is 1. The molecule has 8 heteroatoms. The third kappa shape index (κ3) is 2.88. The molecular formula is C10H4ClF6N. The van der Waals surface area contributed by atoms with E-state index < -0.39 is 40.5 Å². The van der Waals surface area contributed by atoms with Crippen LogP contribution >= 0.6 is 11.6 Å². The first kappa shape index (κ1) is 14.6. The fraction of sp³-hybridized carbons (Fsp3) is 0.300. The van der Waals surface area contributed by atoms with Crippen molar-refractivity contribution in [1.82, 2.24) is 0 Å². The highest BCUT2D eigenvalue weighted by atomic mass is 35.5. The van der Waals surface area contributed by atoms with Gasteiger partial charge in [-0.05, 0) is 17.7 Å². The van der Waals surface area contributed by atoms with Crippen molar-refractivity contribution in [3.63, 3.8) is 0 Å². The van der Waals surface area contributed by atoms with Crippen molar-refractivity contribution in [2.24, 2.45) is 0 Å². The summed E-state index contributed by atoms with van der Waals surface area (Å²) >= 11 is 5.27. The van der Waals surface area contributed by atoms with Crippen LogP contribution in [0.2, 0.25) is 0 Å². The SMILES string of the molecule is N#Cc1c(CCl)cc(C(F)(F)F)cc1C(F)(F)F. The van der Waals surface area contributed by atoms with Gasteiger partial charge in [-0.25, -0.2) is 0 Å². The van der Waals surface area contributed by atoms with Gasteiger partial charge in [-0.15, -0.1) is 11.6 Å². The van der Waals surface area contributed by atoms with Gasteiger partial charge in [0.25, 0.3) is 0 Å². The summed E-state index contributed by atoms with van der Waals surface area (Å²) < 4.78 is 74.9. The lowest BCUT2D eigenvalue weighted by Crippen LogP contribution is -2.14. The van der Waals surface area contributed by atoms with Crippen molar-refractivity contribution in [3.05, 3.63) is 34.4 Å². The standard InChI is InChI=1S/C10H4ClF6N/c11-3-5-1-6(9(12,13)14)2-8(7(5)4-18)10(15,16)17/h1-2H,3H2. The summed E-state index contributed by atoms with van der Waals surface area (Å²) in [5.74, 6) is -0.615. The summed E-state index contributed by atoms with van der Waals surface area (Å²) in [4.78, 5) is 0. The Hall–Kier alpha value is -1.42. The minimum atomic E-state index is -5.05. The Labute approximate surface area is 103 Å². The number of hydrogen-bond donors (Lipinski definition) is 0. The molecule has 0 atom stereocenters. The average Bonchev–Trinajstić information content (AvgIpc) is 2.24. The maximum absolute atomic E-state index is 12.6. The molecule has 0 bridgehead atoms. The maximum atomic E-state index is 12.6. The lowest BCUT2D eigenvalue weighted by molar-refractivity contribution is -0.143. The highest BCUT2D eigenvalue weighted by molar-refractivity contribution is 6.17. The highest BCUT2D eigenvalue weighted by Gasteiger charge is 2.39. The number of nitrogens with zero attached hydrogens (tertiary/aromatic N) is 1. The summed E-state index contributed by atoms with van der Waals surface area (Å²) in [6, 6.07) is 1.59. The largest absolute Gasteiger partial charge is 0.417 e. The summed E-state index contributed by atoms with van der Waals surface area (Å²) in [6.07, 6.45) is -9.98. The molecule has 0 aliphatic heterocycles. The Morgan fingerprint density at radius 2 is 1.61 bits per heavy atom. The molecular weight excluding hydrogens is 284 g/mol. The summed E-state index contributed by atoms with van der Waals surface area (Å²) in [5, 5.41) is 8.60. The van der Waals surface area contributed by atoms with Crippen LogP contribution in [0.5, 0.6) is 0 Å². The molecule has 0 spiro atoms. The second kappa shape index (κ2) is 4.69. The van der Waals surface area contributed by atoms with Crippen molar-refractivity contribution in [3.8, 4) is 6.07 Å². The van der Waals surface area contributed by atoms with Crippen molar-refractivity contribution in [2.45, 2.75) is 18.2 Å². The summed E-state index contributed by atoms with van der Waals surface area (Å²) in [7, 11) is 0. The molecule has 0 saturated carbocycles. The van der Waals surface area contributed by atoms with E-state index in [1.165, 1.54) is 6.07 Å². The van der Waals surface area contributed by atoms with Crippen LogP contribution < -0.4 is 0 Å². The van der Waals surface area contributed by atoms with Crippen LogP contribution in [0, 0.1) is 11.3 Å². The normalized spacial score (nSPS) is 12.3. The second-order valence-corrected chi connectivity index (χ2v) is 3.57. The van der Waals surface area contributed by atoms with Gasteiger partial charge in [0, 0.05) is 5.88 Å². The number of nitriles is 1. The molecule has 0 aromatic heterocycles. The Morgan fingerprint density at radius 3 is 1.94 bits per heavy atom. The average molecular weight is 288 g/mol. The fourth-order valence-electron chi connectivity index (χ4n) is 1.33. The van der Waals surface area contributed by atoms with E-state index in [4.69, 9.17) is 16.9 Å². The number of alkyl halides is 7. The minimum Gasteiger partial charge on any atom is -0.192 e. The Balaban J connectivity index is 3.63. The van der Waals surface area contributed by atoms with Crippen LogP contribution in [-0.4, -0.2) is 0 Å². The van der Waals surface area contributed by atoms with Gasteiger partial charge >= 0.3 is 12.4 Å². The molecule has 1 aromatic rings. The predicted octanol–water partition coefficient (Wildman–Crippen LogP) is 4.33. The lowest BCUT2D eigenvalue weighted by atomic mass is 9.98. The van der Waals surface area contributed by atoms with Crippen LogP contribution in [0.3, 0.4) is 0 Å². The molecule has 0 unspecified atom stereocenters. The Bertz CT molecular complexity index is 497.